The van der Waals surface area contributed by atoms with Gasteiger partial charge in [0.2, 0.25) is 0 Å². The van der Waals surface area contributed by atoms with Crippen molar-refractivity contribution in [2.24, 2.45) is 0 Å². The van der Waals surface area contributed by atoms with Crippen molar-refractivity contribution in [1.29, 1.82) is 0 Å². The topological polar surface area (TPSA) is 60.8 Å². The van der Waals surface area contributed by atoms with Gasteiger partial charge in [-0.1, -0.05) is 109 Å². The van der Waals surface area contributed by atoms with E-state index in [-0.39, 0.29) is 0 Å². The van der Waals surface area contributed by atoms with Crippen molar-refractivity contribution in [3.63, 3.8) is 0 Å². The molecule has 0 radical (unpaired) electrons. The third-order valence-electron chi connectivity index (χ3n) is 6.02. The van der Waals surface area contributed by atoms with E-state index in [9.17, 15) is 15.0 Å². The Morgan fingerprint density at radius 3 is 1.65 bits per heavy atom. The molecular weight excluding hydrogens is 422 g/mol. The molecule has 0 heterocycles. The molecule has 2 N–H and O–H groups in total. The molecule has 0 aliphatic rings. The Morgan fingerprint density at radius 1 is 0.765 bits per heavy atom. The highest BCUT2D eigenvalue weighted by Gasteiger charge is 2.28. The van der Waals surface area contributed by atoms with Crippen LogP contribution in [0.3, 0.4) is 0 Å². The number of carboxylic acids is 1. The second-order valence-electron chi connectivity index (χ2n) is 8.42. The summed E-state index contributed by atoms with van der Waals surface area (Å²) in [5, 5.41) is 24.6. The highest BCUT2D eigenvalue weighted by molar-refractivity contribution is 5.91. The highest BCUT2D eigenvalue weighted by atomic mass is 16.4. The molecule has 4 nitrogen and oxygen atoms in total. The lowest BCUT2D eigenvalue weighted by atomic mass is 10.0. The Bertz CT molecular complexity index is 1240. The number of fused-ring (bicyclic) bond motifs is 2. The van der Waals surface area contributed by atoms with Crippen molar-refractivity contribution < 1.29 is 15.0 Å². The molecule has 2 unspecified atom stereocenters. The molecule has 0 saturated heterocycles. The zero-order chi connectivity index (χ0) is 23.9. The Hall–Kier alpha value is -3.73. The molecule has 34 heavy (non-hydrogen) atoms. The van der Waals surface area contributed by atoms with Crippen molar-refractivity contribution in [3.8, 4) is 0 Å². The largest absolute Gasteiger partial charge is 0.480 e. The zero-order valence-corrected chi connectivity index (χ0v) is 19.2. The molecule has 0 aromatic heterocycles. The first kappa shape index (κ1) is 23.4. The summed E-state index contributed by atoms with van der Waals surface area (Å²) in [5.41, 5.74) is 2.15. The molecule has 172 valence electrons. The van der Waals surface area contributed by atoms with Crippen LogP contribution in [-0.4, -0.2) is 46.3 Å². The smallest absolute Gasteiger partial charge is 0.323 e. The van der Waals surface area contributed by atoms with Crippen LogP contribution in [0.25, 0.3) is 33.7 Å². The van der Waals surface area contributed by atoms with Gasteiger partial charge in [-0.3, -0.25) is 9.69 Å². The van der Waals surface area contributed by atoms with Gasteiger partial charge in [0.15, 0.2) is 0 Å². The van der Waals surface area contributed by atoms with Gasteiger partial charge >= 0.3 is 5.97 Å². The number of aliphatic carboxylic acids is 1. The maximum atomic E-state index is 11.9. The summed E-state index contributed by atoms with van der Waals surface area (Å²) in [7, 11) is 0. The number of benzene rings is 4. The van der Waals surface area contributed by atoms with Crippen LogP contribution >= 0.6 is 0 Å². The molecule has 2 atom stereocenters. The van der Waals surface area contributed by atoms with Gasteiger partial charge in [-0.15, -0.1) is 0 Å². The van der Waals surface area contributed by atoms with Gasteiger partial charge in [0.25, 0.3) is 0 Å². The monoisotopic (exact) mass is 451 g/mol. The summed E-state index contributed by atoms with van der Waals surface area (Å²) < 4.78 is 0. The van der Waals surface area contributed by atoms with Crippen LogP contribution in [0, 0.1) is 0 Å². The van der Waals surface area contributed by atoms with E-state index in [1.807, 2.05) is 72.8 Å². The third-order valence-corrected chi connectivity index (χ3v) is 6.02. The molecule has 4 heteroatoms. The molecule has 0 bridgehead atoms. The first-order valence-corrected chi connectivity index (χ1v) is 11.5. The quantitative estimate of drug-likeness (QED) is 0.335. The molecule has 0 aliphatic heterocycles. The molecule has 0 aliphatic carbocycles. The lowest BCUT2D eigenvalue weighted by Crippen LogP contribution is -2.48. The highest BCUT2D eigenvalue weighted by Crippen LogP contribution is 2.21. The fourth-order valence-electron chi connectivity index (χ4n) is 4.39. The maximum Gasteiger partial charge on any atom is 0.323 e. The first-order chi connectivity index (χ1) is 16.5. The van der Waals surface area contributed by atoms with Crippen LogP contribution in [0.5, 0.6) is 0 Å². The van der Waals surface area contributed by atoms with E-state index in [0.717, 1.165) is 32.7 Å². The average Bonchev–Trinajstić information content (AvgIpc) is 2.83. The molecular formula is C30H29NO3. The van der Waals surface area contributed by atoms with Crippen molar-refractivity contribution in [1.82, 2.24) is 4.90 Å². The minimum Gasteiger partial charge on any atom is -0.480 e. The van der Waals surface area contributed by atoms with Crippen LogP contribution in [0.1, 0.15) is 18.1 Å². The van der Waals surface area contributed by atoms with E-state index in [1.54, 1.807) is 4.90 Å². The average molecular weight is 452 g/mol. The number of hydrogen-bond donors (Lipinski definition) is 2. The molecule has 0 fully saturated rings. The van der Waals surface area contributed by atoms with Gasteiger partial charge in [-0.25, -0.2) is 0 Å². The third kappa shape index (κ3) is 5.42. The van der Waals surface area contributed by atoms with Gasteiger partial charge in [0.1, 0.15) is 6.04 Å². The van der Waals surface area contributed by atoms with Crippen molar-refractivity contribution in [2.45, 2.75) is 19.1 Å². The Morgan fingerprint density at radius 2 is 1.21 bits per heavy atom. The van der Waals surface area contributed by atoms with E-state index in [4.69, 9.17) is 0 Å². The minimum absolute atomic E-state index is 0.394. The van der Waals surface area contributed by atoms with Crippen molar-refractivity contribution >= 4 is 39.7 Å². The van der Waals surface area contributed by atoms with Crippen molar-refractivity contribution in [2.75, 3.05) is 13.1 Å². The van der Waals surface area contributed by atoms with Crippen molar-refractivity contribution in [3.05, 3.63) is 108 Å². The lowest BCUT2D eigenvalue weighted by molar-refractivity contribution is -0.146. The minimum atomic E-state index is -1.04. The number of aliphatic hydroxyl groups is 1. The van der Waals surface area contributed by atoms with Gasteiger partial charge in [-0.05, 0) is 39.6 Å². The number of nitrogens with zero attached hydrogens (tertiary/aromatic N) is 1. The SMILES string of the molecule is CC(O)C(C(=O)O)N(C/C=C/c1cccc2ccccc12)C/C=C/c1cccc2ccccc12. The predicted molar refractivity (Wildman–Crippen MR) is 141 cm³/mol. The fourth-order valence-corrected chi connectivity index (χ4v) is 4.39. The van der Waals surface area contributed by atoms with E-state index >= 15 is 0 Å². The Balaban J connectivity index is 1.56. The van der Waals surface area contributed by atoms with Gasteiger partial charge in [-0.2, -0.15) is 0 Å². The van der Waals surface area contributed by atoms with Crippen LogP contribution in [0.2, 0.25) is 0 Å². The van der Waals surface area contributed by atoms with Gasteiger partial charge in [0, 0.05) is 13.1 Å². The summed E-state index contributed by atoms with van der Waals surface area (Å²) in [5.74, 6) is -1.04. The second kappa shape index (κ2) is 10.9. The molecule has 4 rings (SSSR count). The summed E-state index contributed by atoms with van der Waals surface area (Å²) in [6.45, 7) is 2.31. The standard InChI is InChI=1S/C30H29NO3/c1-22(32)29(30(33)34)31(20-8-16-25-14-6-12-23-10-2-4-18-27(23)25)21-9-17-26-15-7-13-24-11-3-5-19-28(24)26/h2-19,22,29,32H,20-21H2,1H3,(H,33,34)/b16-8+,17-9+. The summed E-state index contributed by atoms with van der Waals surface area (Å²) >= 11 is 0. The summed E-state index contributed by atoms with van der Waals surface area (Å²) in [6.07, 6.45) is 6.96. The summed E-state index contributed by atoms with van der Waals surface area (Å²) in [4.78, 5) is 13.7. The number of carbonyl (C=O) groups is 1. The molecule has 0 saturated carbocycles. The fraction of sp³-hybridized carbons (Fsp3) is 0.167. The number of aliphatic hydroxyl groups excluding tert-OH is 1. The molecule has 0 amide bonds. The second-order valence-corrected chi connectivity index (χ2v) is 8.42. The first-order valence-electron chi connectivity index (χ1n) is 11.5. The predicted octanol–water partition coefficient (Wildman–Crippen LogP) is 5.86. The van der Waals surface area contributed by atoms with Crippen LogP contribution in [0.15, 0.2) is 97.1 Å². The van der Waals surface area contributed by atoms with E-state index < -0.39 is 18.1 Å². The number of hydrogen-bond acceptors (Lipinski definition) is 3. The van der Waals surface area contributed by atoms with Crippen LogP contribution in [0.4, 0.5) is 0 Å². The van der Waals surface area contributed by atoms with Gasteiger partial charge in [0.05, 0.1) is 6.10 Å². The number of carboxylic acid groups (broad SMARTS) is 1. The molecule has 4 aromatic rings. The normalized spacial score (nSPS) is 13.9. The lowest BCUT2D eigenvalue weighted by Gasteiger charge is -2.28. The Labute approximate surface area is 200 Å². The van der Waals surface area contributed by atoms with Crippen LogP contribution in [-0.2, 0) is 4.79 Å². The van der Waals surface area contributed by atoms with Crippen LogP contribution < -0.4 is 0 Å². The van der Waals surface area contributed by atoms with E-state index in [2.05, 4.69) is 36.4 Å². The molecule has 0 spiro atoms. The maximum absolute atomic E-state index is 11.9. The Kier molecular flexibility index (Phi) is 7.53. The zero-order valence-electron chi connectivity index (χ0n) is 19.2. The number of rotatable bonds is 9. The molecule has 4 aromatic carbocycles. The van der Waals surface area contributed by atoms with E-state index in [0.29, 0.717) is 13.1 Å². The summed E-state index contributed by atoms with van der Waals surface area (Å²) in [6, 6.07) is 27.6. The van der Waals surface area contributed by atoms with E-state index in [1.165, 1.54) is 6.92 Å². The van der Waals surface area contributed by atoms with Gasteiger partial charge < -0.3 is 10.2 Å².